The lowest BCUT2D eigenvalue weighted by Crippen LogP contribution is -2.42. The summed E-state index contributed by atoms with van der Waals surface area (Å²) in [5, 5.41) is 4.13. The van der Waals surface area contributed by atoms with Crippen molar-refractivity contribution in [3.05, 3.63) is 42.1 Å². The molecule has 1 N–H and O–H groups in total. The van der Waals surface area contributed by atoms with Gasteiger partial charge in [0.15, 0.2) is 0 Å². The summed E-state index contributed by atoms with van der Waals surface area (Å²) in [7, 11) is -1.40. The zero-order chi connectivity index (χ0) is 16.3. The number of hydrogen-bond acceptors (Lipinski definition) is 4. The van der Waals surface area contributed by atoms with Crippen LogP contribution in [0.5, 0.6) is 0 Å². The molecule has 3 rings (SSSR count). The molecule has 1 aromatic heterocycles. The summed E-state index contributed by atoms with van der Waals surface area (Å²) in [5.41, 5.74) is 1.56. The van der Waals surface area contributed by atoms with Gasteiger partial charge in [0, 0.05) is 24.7 Å². The molecule has 1 aromatic carbocycles. The highest BCUT2D eigenvalue weighted by Crippen LogP contribution is 2.23. The number of rotatable bonds is 5. The van der Waals surface area contributed by atoms with Gasteiger partial charge in [0.25, 0.3) is 0 Å². The second-order valence-electron chi connectivity index (χ2n) is 6.17. The molecule has 0 unspecified atom stereocenters. The van der Waals surface area contributed by atoms with Crippen molar-refractivity contribution in [3.63, 3.8) is 0 Å². The van der Waals surface area contributed by atoms with Gasteiger partial charge in [-0.25, -0.2) is 12.7 Å². The van der Waals surface area contributed by atoms with Gasteiger partial charge in [0.1, 0.15) is 0 Å². The van der Waals surface area contributed by atoms with E-state index < -0.39 is 10.0 Å². The van der Waals surface area contributed by atoms with Gasteiger partial charge in [-0.2, -0.15) is 0 Å². The highest BCUT2D eigenvalue weighted by molar-refractivity contribution is 7.88. The predicted molar refractivity (Wildman–Crippen MR) is 92.6 cm³/mol. The van der Waals surface area contributed by atoms with Crippen molar-refractivity contribution < 1.29 is 8.42 Å². The minimum Gasteiger partial charge on any atom is -0.319 e. The Balaban J connectivity index is 1.82. The molecule has 6 heteroatoms. The van der Waals surface area contributed by atoms with Gasteiger partial charge in [-0.05, 0) is 44.0 Å². The van der Waals surface area contributed by atoms with E-state index in [1.807, 2.05) is 37.4 Å². The Morgan fingerprint density at radius 3 is 2.96 bits per heavy atom. The second-order valence-corrected chi connectivity index (χ2v) is 8.14. The average Bonchev–Trinajstić information content (AvgIpc) is 2.56. The molecular weight excluding hydrogens is 310 g/mol. The van der Waals surface area contributed by atoms with Crippen LogP contribution in [-0.4, -0.2) is 44.4 Å². The molecule has 1 aliphatic rings. The number of para-hydroxylation sites is 1. The Hall–Kier alpha value is -1.50. The van der Waals surface area contributed by atoms with Gasteiger partial charge in [-0.3, -0.25) is 4.98 Å². The van der Waals surface area contributed by atoms with Crippen molar-refractivity contribution in [2.75, 3.05) is 26.7 Å². The van der Waals surface area contributed by atoms with Crippen LogP contribution in [0.3, 0.4) is 0 Å². The topological polar surface area (TPSA) is 62.3 Å². The molecule has 0 amide bonds. The van der Waals surface area contributed by atoms with E-state index in [0.717, 1.165) is 35.9 Å². The van der Waals surface area contributed by atoms with Crippen LogP contribution in [0.15, 0.2) is 36.5 Å². The SMILES string of the molecule is CNC[C@H]1CCCN(S(=O)(=O)Cc2cccc3cccnc23)C1. The first-order chi connectivity index (χ1) is 11.1. The summed E-state index contributed by atoms with van der Waals surface area (Å²) in [4.78, 5) is 4.36. The van der Waals surface area contributed by atoms with E-state index in [9.17, 15) is 8.42 Å². The Kier molecular flexibility index (Phi) is 4.94. The number of benzene rings is 1. The van der Waals surface area contributed by atoms with Gasteiger partial charge in [-0.1, -0.05) is 24.3 Å². The Labute approximate surface area is 137 Å². The molecule has 0 spiro atoms. The molecule has 2 heterocycles. The third-order valence-electron chi connectivity index (χ3n) is 4.42. The van der Waals surface area contributed by atoms with Crippen molar-refractivity contribution >= 4 is 20.9 Å². The van der Waals surface area contributed by atoms with Crippen molar-refractivity contribution in [1.82, 2.24) is 14.6 Å². The first kappa shape index (κ1) is 16.4. The molecule has 0 bridgehead atoms. The number of nitrogens with zero attached hydrogens (tertiary/aromatic N) is 2. The quantitative estimate of drug-likeness (QED) is 0.909. The fraction of sp³-hybridized carbons (Fsp3) is 0.471. The van der Waals surface area contributed by atoms with Crippen LogP contribution in [0.4, 0.5) is 0 Å². The van der Waals surface area contributed by atoms with E-state index in [-0.39, 0.29) is 5.75 Å². The zero-order valence-electron chi connectivity index (χ0n) is 13.4. The van der Waals surface area contributed by atoms with Crippen LogP contribution in [0, 0.1) is 5.92 Å². The third-order valence-corrected chi connectivity index (χ3v) is 6.22. The lowest BCUT2D eigenvalue weighted by molar-refractivity contribution is 0.263. The number of pyridine rings is 1. The zero-order valence-corrected chi connectivity index (χ0v) is 14.2. The molecule has 124 valence electrons. The molecule has 0 radical (unpaired) electrons. The monoisotopic (exact) mass is 333 g/mol. The number of piperidine rings is 1. The normalized spacial score (nSPS) is 20.0. The molecule has 0 saturated carbocycles. The van der Waals surface area contributed by atoms with E-state index in [0.29, 0.717) is 19.0 Å². The van der Waals surface area contributed by atoms with Gasteiger partial charge in [0.2, 0.25) is 10.0 Å². The van der Waals surface area contributed by atoms with Gasteiger partial charge >= 0.3 is 0 Å². The van der Waals surface area contributed by atoms with Crippen molar-refractivity contribution in [2.45, 2.75) is 18.6 Å². The summed E-state index contributed by atoms with van der Waals surface area (Å²) < 4.78 is 27.3. The smallest absolute Gasteiger partial charge is 0.218 e. The molecule has 2 aromatic rings. The molecule has 1 atom stereocenters. The number of aromatic nitrogens is 1. The maximum absolute atomic E-state index is 12.8. The van der Waals surface area contributed by atoms with Crippen LogP contribution in [0.1, 0.15) is 18.4 Å². The van der Waals surface area contributed by atoms with E-state index >= 15 is 0 Å². The van der Waals surface area contributed by atoms with Crippen molar-refractivity contribution in [3.8, 4) is 0 Å². The second kappa shape index (κ2) is 6.95. The van der Waals surface area contributed by atoms with Gasteiger partial charge < -0.3 is 5.32 Å². The number of fused-ring (bicyclic) bond motifs is 1. The Morgan fingerprint density at radius 2 is 2.13 bits per heavy atom. The van der Waals surface area contributed by atoms with Crippen LogP contribution in [0.2, 0.25) is 0 Å². The fourth-order valence-electron chi connectivity index (χ4n) is 3.31. The van der Waals surface area contributed by atoms with Crippen LogP contribution in [-0.2, 0) is 15.8 Å². The summed E-state index contributed by atoms with van der Waals surface area (Å²) >= 11 is 0. The first-order valence-electron chi connectivity index (χ1n) is 8.05. The molecule has 1 saturated heterocycles. The van der Waals surface area contributed by atoms with Crippen molar-refractivity contribution in [1.29, 1.82) is 0 Å². The maximum atomic E-state index is 12.8. The average molecular weight is 333 g/mol. The number of sulfonamides is 1. The summed E-state index contributed by atoms with van der Waals surface area (Å²) in [6.07, 6.45) is 3.73. The third kappa shape index (κ3) is 3.71. The summed E-state index contributed by atoms with van der Waals surface area (Å²) in [6, 6.07) is 9.55. The molecule has 0 aliphatic carbocycles. The van der Waals surface area contributed by atoms with E-state index in [1.54, 1.807) is 10.5 Å². The molecule has 1 fully saturated rings. The fourth-order valence-corrected chi connectivity index (χ4v) is 4.96. The minimum atomic E-state index is -3.31. The van der Waals surface area contributed by atoms with Gasteiger partial charge in [-0.15, -0.1) is 0 Å². The molecule has 23 heavy (non-hydrogen) atoms. The minimum absolute atomic E-state index is 0.0215. The highest BCUT2D eigenvalue weighted by atomic mass is 32.2. The molecule has 1 aliphatic heterocycles. The van der Waals surface area contributed by atoms with Crippen LogP contribution in [0.25, 0.3) is 10.9 Å². The molecule has 5 nitrogen and oxygen atoms in total. The largest absolute Gasteiger partial charge is 0.319 e. The van der Waals surface area contributed by atoms with E-state index in [4.69, 9.17) is 0 Å². The summed E-state index contributed by atoms with van der Waals surface area (Å²) in [5.74, 6) is 0.419. The van der Waals surface area contributed by atoms with Crippen molar-refractivity contribution in [2.24, 2.45) is 5.92 Å². The number of nitrogens with one attached hydrogen (secondary N) is 1. The first-order valence-corrected chi connectivity index (χ1v) is 9.66. The molecular formula is C17H23N3O2S. The van der Waals surface area contributed by atoms with E-state index in [1.165, 1.54) is 0 Å². The predicted octanol–water partition coefficient (Wildman–Crippen LogP) is 2.00. The van der Waals surface area contributed by atoms with Crippen LogP contribution >= 0.6 is 0 Å². The van der Waals surface area contributed by atoms with E-state index in [2.05, 4.69) is 10.3 Å². The summed E-state index contributed by atoms with van der Waals surface area (Å²) in [6.45, 7) is 2.10. The lowest BCUT2D eigenvalue weighted by Gasteiger charge is -2.32. The standard InChI is InChI=1S/C17H23N3O2S/c1-18-11-14-5-4-10-20(12-14)23(21,22)13-16-7-2-6-15-8-3-9-19-17(15)16/h2-3,6-9,14,18H,4-5,10-13H2,1H3/t14-/m1/s1. The van der Waals surface area contributed by atoms with Gasteiger partial charge in [0.05, 0.1) is 11.3 Å². The number of hydrogen-bond donors (Lipinski definition) is 1. The maximum Gasteiger partial charge on any atom is 0.218 e. The van der Waals surface area contributed by atoms with Crippen LogP contribution < -0.4 is 5.32 Å². The Bertz CT molecular complexity index is 769. The lowest BCUT2D eigenvalue weighted by atomic mass is 10.00. The Morgan fingerprint density at radius 1 is 1.30 bits per heavy atom. The highest BCUT2D eigenvalue weighted by Gasteiger charge is 2.29.